The van der Waals surface area contributed by atoms with Crippen molar-refractivity contribution in [3.8, 4) is 0 Å². The van der Waals surface area contributed by atoms with E-state index in [1.807, 2.05) is 7.05 Å². The molecule has 0 amide bonds. The van der Waals surface area contributed by atoms with E-state index >= 15 is 0 Å². The summed E-state index contributed by atoms with van der Waals surface area (Å²) in [6, 6.07) is 0. The van der Waals surface area contributed by atoms with Crippen LogP contribution in [-0.2, 0) is 4.74 Å². The largest absolute Gasteiger partial charge is 0.377 e. The van der Waals surface area contributed by atoms with Crippen molar-refractivity contribution in [2.75, 3.05) is 66.5 Å². The Morgan fingerprint density at radius 1 is 1.11 bits per heavy atom. The number of hydrogen-bond acceptors (Lipinski definition) is 4. The standard InChI is InChI=1S/C21H43N5O.HI/c1-21(2,3)19-18(9-6-16-27-19)17-24-20(22-4)23-10-7-12-26-13-8-11-25(5)14-15-26;/h18-19H,6-17H2,1-5H3,(H2,22,23,24);1H. The van der Waals surface area contributed by atoms with Gasteiger partial charge in [0.25, 0.3) is 0 Å². The molecule has 0 spiro atoms. The van der Waals surface area contributed by atoms with E-state index in [0.29, 0.717) is 12.0 Å². The molecular formula is C21H44IN5O. The number of halogens is 1. The molecule has 2 saturated heterocycles. The molecule has 166 valence electrons. The highest BCUT2D eigenvalue weighted by Crippen LogP contribution is 2.33. The summed E-state index contributed by atoms with van der Waals surface area (Å²) in [5, 5.41) is 7.02. The summed E-state index contributed by atoms with van der Waals surface area (Å²) in [5.41, 5.74) is 0.185. The van der Waals surface area contributed by atoms with Crippen LogP contribution in [0, 0.1) is 11.3 Å². The van der Waals surface area contributed by atoms with Crippen molar-refractivity contribution in [2.45, 2.75) is 52.6 Å². The van der Waals surface area contributed by atoms with Crippen LogP contribution < -0.4 is 10.6 Å². The van der Waals surface area contributed by atoms with E-state index in [1.165, 1.54) is 45.6 Å². The van der Waals surface area contributed by atoms with E-state index in [2.05, 4.69) is 53.2 Å². The zero-order chi connectivity index (χ0) is 19.7. The fraction of sp³-hybridized carbons (Fsp3) is 0.952. The van der Waals surface area contributed by atoms with Gasteiger partial charge in [0.1, 0.15) is 0 Å². The number of likely N-dealkylation sites (N-methyl/N-ethyl adjacent to an activating group) is 1. The summed E-state index contributed by atoms with van der Waals surface area (Å²) >= 11 is 0. The highest BCUT2D eigenvalue weighted by molar-refractivity contribution is 14.0. The van der Waals surface area contributed by atoms with E-state index in [-0.39, 0.29) is 29.4 Å². The maximum atomic E-state index is 6.10. The molecule has 2 rings (SSSR count). The fourth-order valence-corrected chi connectivity index (χ4v) is 4.29. The molecule has 2 unspecified atom stereocenters. The second-order valence-corrected chi connectivity index (χ2v) is 9.29. The number of guanidine groups is 1. The summed E-state index contributed by atoms with van der Waals surface area (Å²) in [5.74, 6) is 1.47. The van der Waals surface area contributed by atoms with Crippen LogP contribution in [0.4, 0.5) is 0 Å². The maximum Gasteiger partial charge on any atom is 0.190 e. The average Bonchev–Trinajstić information content (AvgIpc) is 2.85. The van der Waals surface area contributed by atoms with Crippen LogP contribution in [0.1, 0.15) is 46.5 Å². The van der Waals surface area contributed by atoms with Gasteiger partial charge < -0.3 is 25.2 Å². The monoisotopic (exact) mass is 509 g/mol. The molecule has 0 aromatic carbocycles. The lowest BCUT2D eigenvalue weighted by Crippen LogP contribution is -2.47. The van der Waals surface area contributed by atoms with Gasteiger partial charge in [-0.05, 0) is 57.8 Å². The summed E-state index contributed by atoms with van der Waals surface area (Å²) in [6.45, 7) is 15.7. The lowest BCUT2D eigenvalue weighted by molar-refractivity contribution is -0.0835. The van der Waals surface area contributed by atoms with Crippen LogP contribution in [0.2, 0.25) is 0 Å². The zero-order valence-electron chi connectivity index (χ0n) is 18.8. The molecule has 0 aromatic rings. The molecule has 2 aliphatic heterocycles. The number of nitrogens with zero attached hydrogens (tertiary/aromatic N) is 3. The number of rotatable bonds is 6. The van der Waals surface area contributed by atoms with Crippen LogP contribution >= 0.6 is 24.0 Å². The molecule has 0 bridgehead atoms. The third-order valence-corrected chi connectivity index (χ3v) is 5.81. The van der Waals surface area contributed by atoms with Crippen molar-refractivity contribution >= 4 is 29.9 Å². The van der Waals surface area contributed by atoms with Gasteiger partial charge >= 0.3 is 0 Å². The van der Waals surface area contributed by atoms with Gasteiger partial charge in [0.2, 0.25) is 0 Å². The van der Waals surface area contributed by atoms with Crippen LogP contribution in [0.5, 0.6) is 0 Å². The van der Waals surface area contributed by atoms with E-state index < -0.39 is 0 Å². The highest BCUT2D eigenvalue weighted by atomic mass is 127. The molecule has 2 atom stereocenters. The summed E-state index contributed by atoms with van der Waals surface area (Å²) in [6.07, 6.45) is 5.15. The topological polar surface area (TPSA) is 52.1 Å². The van der Waals surface area contributed by atoms with E-state index in [1.54, 1.807) is 0 Å². The van der Waals surface area contributed by atoms with Gasteiger partial charge in [-0.2, -0.15) is 0 Å². The Morgan fingerprint density at radius 3 is 2.61 bits per heavy atom. The van der Waals surface area contributed by atoms with E-state index in [4.69, 9.17) is 4.74 Å². The van der Waals surface area contributed by atoms with Gasteiger partial charge in [-0.3, -0.25) is 4.99 Å². The summed E-state index contributed by atoms with van der Waals surface area (Å²) in [4.78, 5) is 9.43. The summed E-state index contributed by atoms with van der Waals surface area (Å²) in [7, 11) is 4.08. The minimum Gasteiger partial charge on any atom is -0.377 e. The first-order valence-corrected chi connectivity index (χ1v) is 10.9. The van der Waals surface area contributed by atoms with Crippen LogP contribution in [0.15, 0.2) is 4.99 Å². The smallest absolute Gasteiger partial charge is 0.190 e. The van der Waals surface area contributed by atoms with E-state index in [9.17, 15) is 0 Å². The third kappa shape index (κ3) is 9.13. The SMILES string of the molecule is CN=C(NCCCN1CCCN(C)CC1)NCC1CCCOC1C(C)(C)C.I. The van der Waals surface area contributed by atoms with Gasteiger partial charge in [-0.15, -0.1) is 24.0 Å². The first kappa shape index (κ1) is 25.9. The van der Waals surface area contributed by atoms with Crippen molar-refractivity contribution in [3.63, 3.8) is 0 Å². The minimum absolute atomic E-state index is 0. The molecule has 0 saturated carbocycles. The van der Waals surface area contributed by atoms with Crippen molar-refractivity contribution in [3.05, 3.63) is 0 Å². The molecular weight excluding hydrogens is 465 g/mol. The second kappa shape index (κ2) is 13.2. The molecule has 2 fully saturated rings. The van der Waals surface area contributed by atoms with Gasteiger partial charge in [0, 0.05) is 45.8 Å². The molecule has 28 heavy (non-hydrogen) atoms. The molecule has 2 N–H and O–H groups in total. The quantitative estimate of drug-likeness (QED) is 0.250. The molecule has 6 nitrogen and oxygen atoms in total. The van der Waals surface area contributed by atoms with Crippen LogP contribution in [0.25, 0.3) is 0 Å². The molecule has 2 aliphatic rings. The van der Waals surface area contributed by atoms with Crippen molar-refractivity contribution in [1.29, 1.82) is 0 Å². The Kier molecular flexibility index (Phi) is 12.3. The van der Waals surface area contributed by atoms with Gasteiger partial charge in [-0.25, -0.2) is 0 Å². The van der Waals surface area contributed by atoms with Gasteiger partial charge in [0.05, 0.1) is 6.10 Å². The lowest BCUT2D eigenvalue weighted by atomic mass is 9.78. The van der Waals surface area contributed by atoms with Gasteiger partial charge in [0.15, 0.2) is 5.96 Å². The number of ether oxygens (including phenoxy) is 1. The van der Waals surface area contributed by atoms with E-state index in [0.717, 1.165) is 38.5 Å². The summed E-state index contributed by atoms with van der Waals surface area (Å²) < 4.78 is 6.10. The molecule has 0 aliphatic carbocycles. The normalized spacial score (nSPS) is 25.7. The Morgan fingerprint density at radius 2 is 1.89 bits per heavy atom. The molecule has 0 aromatic heterocycles. The predicted octanol–water partition coefficient (Wildman–Crippen LogP) is 2.64. The molecule has 2 heterocycles. The fourth-order valence-electron chi connectivity index (χ4n) is 4.29. The Labute approximate surface area is 190 Å². The molecule has 7 heteroatoms. The Bertz CT molecular complexity index is 455. The van der Waals surface area contributed by atoms with Crippen molar-refractivity contribution in [2.24, 2.45) is 16.3 Å². The number of aliphatic imine (C=N–C) groups is 1. The Hall–Kier alpha value is -0.120. The number of nitrogens with one attached hydrogen (secondary N) is 2. The minimum atomic E-state index is 0. The first-order valence-electron chi connectivity index (χ1n) is 10.9. The zero-order valence-corrected chi connectivity index (χ0v) is 21.1. The molecule has 0 radical (unpaired) electrons. The van der Waals surface area contributed by atoms with Crippen molar-refractivity contribution in [1.82, 2.24) is 20.4 Å². The van der Waals surface area contributed by atoms with Crippen LogP contribution in [-0.4, -0.2) is 88.4 Å². The predicted molar refractivity (Wildman–Crippen MR) is 130 cm³/mol. The lowest BCUT2D eigenvalue weighted by Gasteiger charge is -2.40. The van der Waals surface area contributed by atoms with Gasteiger partial charge in [-0.1, -0.05) is 20.8 Å². The second-order valence-electron chi connectivity index (χ2n) is 9.29. The maximum absolute atomic E-state index is 6.10. The third-order valence-electron chi connectivity index (χ3n) is 5.81. The first-order chi connectivity index (χ1) is 12.9. The van der Waals surface area contributed by atoms with Crippen LogP contribution in [0.3, 0.4) is 0 Å². The number of hydrogen-bond donors (Lipinski definition) is 2. The Balaban J connectivity index is 0.00000392. The van der Waals surface area contributed by atoms with Crippen molar-refractivity contribution < 1.29 is 4.74 Å². The highest BCUT2D eigenvalue weighted by Gasteiger charge is 2.35. The average molecular weight is 510 g/mol.